The van der Waals surface area contributed by atoms with E-state index in [2.05, 4.69) is 20.7 Å². The monoisotopic (exact) mass is 526 g/mol. The van der Waals surface area contributed by atoms with Crippen LogP contribution in [0.25, 0.3) is 0 Å². The number of amides is 4. The van der Waals surface area contributed by atoms with Crippen molar-refractivity contribution in [2.75, 3.05) is 13.7 Å². The molecule has 11 nitrogen and oxygen atoms in total. The number of urea groups is 1. The number of methoxy groups -OCH3 is 1. The first-order valence-corrected chi connectivity index (χ1v) is 13.5. The van der Waals surface area contributed by atoms with Crippen molar-refractivity contribution in [1.82, 2.24) is 16.0 Å². The normalized spacial score (nSPS) is 16.3. The maximum Gasteiger partial charge on any atom is 0.328 e. The first-order valence-electron chi connectivity index (χ1n) is 13.5. The Hall–Kier alpha value is -2.85. The van der Waals surface area contributed by atoms with E-state index in [0.717, 1.165) is 38.5 Å². The first kappa shape index (κ1) is 32.2. The van der Waals surface area contributed by atoms with Gasteiger partial charge in [0, 0.05) is 19.4 Å². The molecular weight excluding hydrogens is 480 g/mol. The van der Waals surface area contributed by atoms with Gasteiger partial charge in [-0.1, -0.05) is 39.5 Å². The van der Waals surface area contributed by atoms with E-state index in [1.807, 2.05) is 0 Å². The molecule has 1 saturated carbocycles. The summed E-state index contributed by atoms with van der Waals surface area (Å²) in [6, 6.07) is -2.45. The van der Waals surface area contributed by atoms with Gasteiger partial charge in [0.2, 0.25) is 11.8 Å². The number of nitrogens with one attached hydrogen (secondary N) is 3. The van der Waals surface area contributed by atoms with Gasteiger partial charge in [0.05, 0.1) is 7.11 Å². The van der Waals surface area contributed by atoms with Gasteiger partial charge < -0.3 is 31.2 Å². The SMILES string of the molecule is COC(=O)CCCC(=O)N[C@H](C(=O)N[C@@H](CCCNC(N)=O)C(=O)OC1CCCCCCCC1)C(C)C. The summed E-state index contributed by atoms with van der Waals surface area (Å²) in [6.45, 7) is 3.84. The van der Waals surface area contributed by atoms with E-state index < -0.39 is 36.0 Å². The van der Waals surface area contributed by atoms with Gasteiger partial charge in [-0.15, -0.1) is 0 Å². The number of rotatable bonds is 14. The Morgan fingerprint density at radius 2 is 1.51 bits per heavy atom. The molecule has 0 heterocycles. The Morgan fingerprint density at radius 1 is 0.892 bits per heavy atom. The zero-order valence-corrected chi connectivity index (χ0v) is 22.6. The molecule has 0 radical (unpaired) electrons. The molecule has 5 N–H and O–H groups in total. The second kappa shape index (κ2) is 18.4. The lowest BCUT2D eigenvalue weighted by Gasteiger charge is -2.26. The summed E-state index contributed by atoms with van der Waals surface area (Å²) in [7, 11) is 1.28. The van der Waals surface area contributed by atoms with Crippen molar-refractivity contribution in [3.8, 4) is 0 Å². The molecule has 4 amide bonds. The number of carbonyl (C=O) groups excluding carboxylic acids is 5. The number of esters is 2. The van der Waals surface area contributed by atoms with Crippen LogP contribution in [0.15, 0.2) is 0 Å². The van der Waals surface area contributed by atoms with Crippen LogP contribution < -0.4 is 21.7 Å². The smallest absolute Gasteiger partial charge is 0.328 e. The first-order chi connectivity index (χ1) is 17.6. The number of carbonyl (C=O) groups is 5. The molecule has 1 fully saturated rings. The lowest BCUT2D eigenvalue weighted by Crippen LogP contribution is -2.54. The summed E-state index contributed by atoms with van der Waals surface area (Å²) in [5.74, 6) is -2.02. The molecule has 0 unspecified atom stereocenters. The van der Waals surface area contributed by atoms with Crippen molar-refractivity contribution in [1.29, 1.82) is 0 Å². The fourth-order valence-electron chi connectivity index (χ4n) is 4.26. The van der Waals surface area contributed by atoms with Crippen molar-refractivity contribution in [2.45, 2.75) is 116 Å². The van der Waals surface area contributed by atoms with Gasteiger partial charge >= 0.3 is 18.0 Å². The Labute approximate surface area is 220 Å². The number of primary amides is 1. The van der Waals surface area contributed by atoms with E-state index >= 15 is 0 Å². The molecule has 37 heavy (non-hydrogen) atoms. The molecule has 0 aromatic carbocycles. The quantitative estimate of drug-likeness (QED) is 0.199. The van der Waals surface area contributed by atoms with Crippen molar-refractivity contribution >= 4 is 29.8 Å². The molecule has 1 rings (SSSR count). The maximum atomic E-state index is 13.1. The lowest BCUT2D eigenvalue weighted by molar-refractivity contribution is -0.154. The summed E-state index contributed by atoms with van der Waals surface area (Å²) in [6.07, 6.45) is 9.13. The molecule has 0 bridgehead atoms. The van der Waals surface area contributed by atoms with Crippen LogP contribution in [0.3, 0.4) is 0 Å². The van der Waals surface area contributed by atoms with Crippen molar-refractivity contribution in [3.05, 3.63) is 0 Å². The highest BCUT2D eigenvalue weighted by Crippen LogP contribution is 2.20. The average molecular weight is 527 g/mol. The van der Waals surface area contributed by atoms with Gasteiger partial charge in [0.25, 0.3) is 0 Å². The van der Waals surface area contributed by atoms with Gasteiger partial charge in [-0.05, 0) is 50.9 Å². The average Bonchev–Trinajstić information content (AvgIpc) is 2.97. The molecule has 0 aliphatic heterocycles. The summed E-state index contributed by atoms with van der Waals surface area (Å²) < 4.78 is 10.4. The third kappa shape index (κ3) is 14.5. The minimum atomic E-state index is -0.924. The second-order valence-electron chi connectivity index (χ2n) is 9.97. The van der Waals surface area contributed by atoms with Gasteiger partial charge in [-0.2, -0.15) is 0 Å². The number of hydrogen-bond acceptors (Lipinski definition) is 7. The topological polar surface area (TPSA) is 166 Å². The largest absolute Gasteiger partial charge is 0.469 e. The van der Waals surface area contributed by atoms with E-state index in [-0.39, 0.29) is 43.7 Å². The molecule has 1 aliphatic rings. The Bertz CT molecular complexity index is 734. The van der Waals surface area contributed by atoms with Gasteiger partial charge in [0.15, 0.2) is 0 Å². The summed E-state index contributed by atoms with van der Waals surface area (Å²) in [5.41, 5.74) is 5.12. The molecule has 0 spiro atoms. The molecule has 11 heteroatoms. The van der Waals surface area contributed by atoms with Crippen LogP contribution in [0.2, 0.25) is 0 Å². The lowest BCUT2D eigenvalue weighted by atomic mass is 10.0. The summed E-state index contributed by atoms with van der Waals surface area (Å²) in [4.78, 5) is 60.9. The summed E-state index contributed by atoms with van der Waals surface area (Å²) >= 11 is 0. The Balaban J connectivity index is 2.80. The molecule has 212 valence electrons. The van der Waals surface area contributed by atoms with Crippen LogP contribution in [0.1, 0.15) is 97.3 Å². The molecule has 0 saturated heterocycles. The fraction of sp³-hybridized carbons (Fsp3) is 0.808. The van der Waals surface area contributed by atoms with E-state index in [4.69, 9.17) is 10.5 Å². The van der Waals surface area contributed by atoms with Crippen LogP contribution in [0.4, 0.5) is 4.79 Å². The third-order valence-electron chi connectivity index (χ3n) is 6.43. The van der Waals surface area contributed by atoms with Gasteiger partial charge in [-0.25, -0.2) is 9.59 Å². The molecule has 1 aliphatic carbocycles. The van der Waals surface area contributed by atoms with Crippen LogP contribution in [0.5, 0.6) is 0 Å². The Morgan fingerprint density at radius 3 is 2.08 bits per heavy atom. The molecule has 2 atom stereocenters. The highest BCUT2D eigenvalue weighted by Gasteiger charge is 2.30. The fourth-order valence-corrected chi connectivity index (χ4v) is 4.26. The van der Waals surface area contributed by atoms with Crippen LogP contribution >= 0.6 is 0 Å². The predicted molar refractivity (Wildman–Crippen MR) is 138 cm³/mol. The molecular formula is C26H46N4O7. The minimum absolute atomic E-state index is 0.0670. The van der Waals surface area contributed by atoms with E-state index in [1.165, 1.54) is 20.0 Å². The zero-order chi connectivity index (χ0) is 27.6. The zero-order valence-electron chi connectivity index (χ0n) is 22.6. The predicted octanol–water partition coefficient (Wildman–Crippen LogP) is 2.45. The Kier molecular flexibility index (Phi) is 16.0. The van der Waals surface area contributed by atoms with E-state index in [1.54, 1.807) is 13.8 Å². The third-order valence-corrected chi connectivity index (χ3v) is 6.43. The van der Waals surface area contributed by atoms with Crippen LogP contribution in [0, 0.1) is 5.92 Å². The maximum absolute atomic E-state index is 13.1. The number of ether oxygens (including phenoxy) is 2. The van der Waals surface area contributed by atoms with Crippen LogP contribution in [-0.2, 0) is 28.7 Å². The number of nitrogens with two attached hydrogens (primary N) is 1. The number of hydrogen-bond donors (Lipinski definition) is 4. The van der Waals surface area contributed by atoms with Crippen molar-refractivity contribution < 1.29 is 33.4 Å². The summed E-state index contributed by atoms with van der Waals surface area (Å²) in [5, 5.41) is 7.95. The second-order valence-corrected chi connectivity index (χ2v) is 9.97. The highest BCUT2D eigenvalue weighted by molar-refractivity contribution is 5.91. The van der Waals surface area contributed by atoms with Crippen molar-refractivity contribution in [3.63, 3.8) is 0 Å². The van der Waals surface area contributed by atoms with E-state index in [0.29, 0.717) is 12.8 Å². The molecule has 0 aromatic rings. The van der Waals surface area contributed by atoms with Gasteiger partial charge in [-0.3, -0.25) is 14.4 Å². The highest BCUT2D eigenvalue weighted by atomic mass is 16.5. The van der Waals surface area contributed by atoms with Gasteiger partial charge in [0.1, 0.15) is 18.2 Å². The van der Waals surface area contributed by atoms with Crippen LogP contribution in [-0.4, -0.2) is 61.6 Å². The van der Waals surface area contributed by atoms with E-state index in [9.17, 15) is 24.0 Å². The standard InChI is InChI=1S/C26H46N4O7/c1-18(2)23(30-21(31)15-10-16-22(32)36-3)24(33)29-20(14-11-17-28-26(27)35)25(34)37-19-12-8-6-4-5-7-9-13-19/h18-20,23H,4-17H2,1-3H3,(H,29,33)(H,30,31)(H3,27,28,35)/t20-,23-/m0/s1. The molecule has 0 aromatic heterocycles. The minimum Gasteiger partial charge on any atom is -0.469 e. The van der Waals surface area contributed by atoms with Crippen molar-refractivity contribution in [2.24, 2.45) is 11.7 Å².